The fraction of sp³-hybridized carbons (Fsp3) is 0.367. The van der Waals surface area contributed by atoms with Crippen molar-refractivity contribution in [1.82, 2.24) is 19.4 Å². The number of halogens is 6. The first kappa shape index (κ1) is 31.9. The summed E-state index contributed by atoms with van der Waals surface area (Å²) in [5, 5.41) is 0. The molecule has 2 aromatic heterocycles. The molecule has 0 aliphatic carbocycles. The van der Waals surface area contributed by atoms with Crippen LogP contribution >= 0.6 is 0 Å². The minimum Gasteiger partial charge on any atom is -0.473 e. The summed E-state index contributed by atoms with van der Waals surface area (Å²) >= 11 is 0. The van der Waals surface area contributed by atoms with Gasteiger partial charge in [0.2, 0.25) is 5.88 Å². The van der Waals surface area contributed by atoms with Crippen LogP contribution in [0.5, 0.6) is 17.4 Å². The minimum atomic E-state index is -4.92. The van der Waals surface area contributed by atoms with Gasteiger partial charge in [0.15, 0.2) is 5.75 Å². The summed E-state index contributed by atoms with van der Waals surface area (Å²) in [5.41, 5.74) is 1.55. The van der Waals surface area contributed by atoms with Crippen LogP contribution in [0.15, 0.2) is 48.5 Å². The quantitative estimate of drug-likeness (QED) is 0.147. The predicted octanol–water partition coefficient (Wildman–Crippen LogP) is 6.35. The van der Waals surface area contributed by atoms with Crippen molar-refractivity contribution in [3.8, 4) is 17.4 Å². The number of nitrogens with zero attached hydrogens (tertiary/aromatic N) is 4. The number of carbonyl (C=O) groups excluding carboxylic acids is 1. The average molecular weight is 639 g/mol. The van der Waals surface area contributed by atoms with E-state index in [0.717, 1.165) is 30.7 Å². The minimum absolute atomic E-state index is 0.0430. The van der Waals surface area contributed by atoms with Crippen LogP contribution in [0, 0.1) is 5.82 Å². The molecule has 0 radical (unpaired) electrons. The van der Waals surface area contributed by atoms with Gasteiger partial charge in [-0.05, 0) is 56.3 Å². The Balaban J connectivity index is 1.21. The lowest BCUT2D eigenvalue weighted by Crippen LogP contribution is -2.33. The molecule has 0 spiro atoms. The van der Waals surface area contributed by atoms with E-state index in [4.69, 9.17) is 9.47 Å². The highest BCUT2D eigenvalue weighted by molar-refractivity contribution is 5.96. The highest BCUT2D eigenvalue weighted by Crippen LogP contribution is 2.32. The number of hydrogen-bond donors (Lipinski definition) is 0. The van der Waals surface area contributed by atoms with E-state index in [1.807, 2.05) is 6.07 Å². The summed E-state index contributed by atoms with van der Waals surface area (Å²) in [7, 11) is 2.93. The highest BCUT2D eigenvalue weighted by Gasteiger charge is 2.31. The van der Waals surface area contributed by atoms with Crippen molar-refractivity contribution in [1.29, 1.82) is 0 Å². The number of ether oxygens (including phenoxy) is 4. The van der Waals surface area contributed by atoms with E-state index in [0.29, 0.717) is 37.0 Å². The molecule has 9 nitrogen and oxygen atoms in total. The number of benzene rings is 2. The Kier molecular flexibility index (Phi) is 9.37. The molecule has 5 rings (SSSR count). The maximum absolute atomic E-state index is 14.3. The van der Waals surface area contributed by atoms with Gasteiger partial charge in [0.05, 0.1) is 24.7 Å². The zero-order valence-electron chi connectivity index (χ0n) is 24.1. The molecule has 45 heavy (non-hydrogen) atoms. The Bertz CT molecular complexity index is 1670. The molecule has 0 N–H and O–H groups in total. The predicted molar refractivity (Wildman–Crippen MR) is 148 cm³/mol. The van der Waals surface area contributed by atoms with E-state index >= 15 is 0 Å². The average Bonchev–Trinajstić information content (AvgIpc) is 3.30. The molecule has 1 aliphatic rings. The zero-order chi connectivity index (χ0) is 32.3. The van der Waals surface area contributed by atoms with Crippen molar-refractivity contribution >= 4 is 17.0 Å². The summed E-state index contributed by atoms with van der Waals surface area (Å²) in [6.45, 7) is -1.54. The van der Waals surface area contributed by atoms with E-state index in [-0.39, 0.29) is 40.8 Å². The van der Waals surface area contributed by atoms with Crippen LogP contribution in [0.2, 0.25) is 0 Å². The van der Waals surface area contributed by atoms with Crippen LogP contribution in [0.4, 0.5) is 26.3 Å². The van der Waals surface area contributed by atoms with E-state index in [2.05, 4.69) is 24.3 Å². The lowest BCUT2D eigenvalue weighted by Gasteiger charge is -2.31. The van der Waals surface area contributed by atoms with E-state index in [9.17, 15) is 31.1 Å². The summed E-state index contributed by atoms with van der Waals surface area (Å²) in [6.07, 6.45) is -3.42. The molecule has 1 saturated heterocycles. The molecule has 3 heterocycles. The Morgan fingerprint density at radius 1 is 1.07 bits per heavy atom. The molecule has 0 unspecified atom stereocenters. The normalized spacial score (nSPS) is 14.6. The van der Waals surface area contributed by atoms with Gasteiger partial charge >= 0.3 is 18.9 Å². The summed E-state index contributed by atoms with van der Waals surface area (Å²) in [6, 6.07) is 10.8. The maximum atomic E-state index is 14.3. The third-order valence-corrected chi connectivity index (χ3v) is 7.43. The SMILES string of the molecule is COC(=O)c1cc(OC(F)F)c2nc(CN3CCC(c4cccc(OCc5ccc(OC(F)(F)F)cc5F)n4)CC3)n(C)c2c1. The molecule has 0 saturated carbocycles. The Morgan fingerprint density at radius 2 is 1.82 bits per heavy atom. The number of carbonyl (C=O) groups is 1. The van der Waals surface area contributed by atoms with Gasteiger partial charge in [0.1, 0.15) is 29.5 Å². The third kappa shape index (κ3) is 7.77. The fourth-order valence-electron chi connectivity index (χ4n) is 5.19. The van der Waals surface area contributed by atoms with Gasteiger partial charge in [0.25, 0.3) is 0 Å². The lowest BCUT2D eigenvalue weighted by atomic mass is 9.93. The smallest absolute Gasteiger partial charge is 0.473 e. The van der Waals surface area contributed by atoms with Crippen molar-refractivity contribution in [3.63, 3.8) is 0 Å². The highest BCUT2D eigenvalue weighted by atomic mass is 19.4. The number of likely N-dealkylation sites (tertiary alicyclic amines) is 1. The molecule has 1 fully saturated rings. The number of hydrogen-bond acceptors (Lipinski definition) is 8. The molecule has 0 atom stereocenters. The van der Waals surface area contributed by atoms with Crippen molar-refractivity contribution in [2.24, 2.45) is 7.05 Å². The van der Waals surface area contributed by atoms with Crippen LogP contribution in [0.3, 0.4) is 0 Å². The van der Waals surface area contributed by atoms with Crippen LogP contribution in [0.25, 0.3) is 11.0 Å². The molecule has 0 amide bonds. The first-order valence-corrected chi connectivity index (χ1v) is 13.8. The lowest BCUT2D eigenvalue weighted by molar-refractivity contribution is -0.274. The van der Waals surface area contributed by atoms with E-state index in [1.165, 1.54) is 19.2 Å². The van der Waals surface area contributed by atoms with Gasteiger partial charge in [-0.3, -0.25) is 4.90 Å². The van der Waals surface area contributed by atoms with Crippen molar-refractivity contribution in [2.75, 3.05) is 20.2 Å². The Labute approximate surface area is 253 Å². The number of alkyl halides is 5. The maximum Gasteiger partial charge on any atom is 0.573 e. The molecule has 0 bridgehead atoms. The fourth-order valence-corrected chi connectivity index (χ4v) is 5.19. The number of aromatic nitrogens is 3. The largest absolute Gasteiger partial charge is 0.573 e. The number of rotatable bonds is 10. The molecule has 15 heteroatoms. The van der Waals surface area contributed by atoms with Crippen LogP contribution < -0.4 is 14.2 Å². The van der Waals surface area contributed by atoms with Crippen LogP contribution in [0.1, 0.15) is 46.2 Å². The Morgan fingerprint density at radius 3 is 2.49 bits per heavy atom. The van der Waals surface area contributed by atoms with Gasteiger partial charge in [-0.15, -0.1) is 13.2 Å². The van der Waals surface area contributed by atoms with Gasteiger partial charge in [-0.2, -0.15) is 8.78 Å². The monoisotopic (exact) mass is 638 g/mol. The second-order valence-corrected chi connectivity index (χ2v) is 10.3. The molecule has 1 aliphatic heterocycles. The summed E-state index contributed by atoms with van der Waals surface area (Å²) in [4.78, 5) is 23.4. The van der Waals surface area contributed by atoms with Crippen molar-refractivity contribution in [2.45, 2.75) is 44.9 Å². The number of esters is 1. The van der Waals surface area contributed by atoms with E-state index in [1.54, 1.807) is 23.7 Å². The number of methoxy groups -OCH3 is 1. The topological polar surface area (TPSA) is 87.9 Å². The summed E-state index contributed by atoms with van der Waals surface area (Å²) in [5.74, 6) is -1.51. The second-order valence-electron chi connectivity index (χ2n) is 10.3. The molecule has 240 valence electrons. The number of aryl methyl sites for hydroxylation is 1. The van der Waals surface area contributed by atoms with Gasteiger partial charge in [0, 0.05) is 36.4 Å². The number of piperidine rings is 1. The van der Waals surface area contributed by atoms with Gasteiger partial charge in [-0.25, -0.2) is 19.2 Å². The van der Waals surface area contributed by atoms with Crippen LogP contribution in [-0.4, -0.2) is 58.6 Å². The van der Waals surface area contributed by atoms with Gasteiger partial charge in [-0.1, -0.05) is 6.07 Å². The number of fused-ring (bicyclic) bond motifs is 1. The first-order valence-electron chi connectivity index (χ1n) is 13.8. The summed E-state index contributed by atoms with van der Waals surface area (Å²) < 4.78 is 98.1. The molecule has 4 aromatic rings. The van der Waals surface area contributed by atoms with E-state index < -0.39 is 30.5 Å². The molecular weight excluding hydrogens is 610 g/mol. The van der Waals surface area contributed by atoms with Crippen molar-refractivity contribution < 1.29 is 50.1 Å². The van der Waals surface area contributed by atoms with Crippen LogP contribution in [-0.2, 0) is 24.9 Å². The zero-order valence-corrected chi connectivity index (χ0v) is 24.1. The van der Waals surface area contributed by atoms with Gasteiger partial charge < -0.3 is 23.5 Å². The second kappa shape index (κ2) is 13.2. The molecular formula is C30H28F6N4O5. The number of pyridine rings is 1. The van der Waals surface area contributed by atoms with Crippen molar-refractivity contribution in [3.05, 3.63) is 77.0 Å². The third-order valence-electron chi connectivity index (χ3n) is 7.43. The molecule has 2 aromatic carbocycles. The number of imidazole rings is 1. The first-order chi connectivity index (χ1) is 21.4. The standard InChI is InChI=1S/C30H28F6N4O5/c1-39-23-12-19(28(41)42-2)13-24(44-29(32)33)27(23)38-25(39)15-40-10-8-17(9-11-40)22-4-3-5-26(37-22)43-16-18-6-7-20(14-21(18)31)45-30(34,35)36/h3-7,12-14,17,29H,8-11,15-16H2,1-2H3. The Hall–Kier alpha value is -4.53.